The van der Waals surface area contributed by atoms with Gasteiger partial charge in [0.1, 0.15) is 0 Å². The van der Waals surface area contributed by atoms with Crippen molar-refractivity contribution in [2.24, 2.45) is 0 Å². The highest BCUT2D eigenvalue weighted by atomic mass is 79.9. The molecule has 0 aliphatic carbocycles. The lowest BCUT2D eigenvalue weighted by atomic mass is 10.1. The topological polar surface area (TPSA) is 42.0 Å². The number of carbonyl (C=O) groups excluding carboxylic acids is 1. The van der Waals surface area contributed by atoms with Crippen molar-refractivity contribution in [3.8, 4) is 0 Å². The van der Waals surface area contributed by atoms with Gasteiger partial charge in [-0.2, -0.15) is 0 Å². The van der Waals surface area contributed by atoms with Gasteiger partial charge >= 0.3 is 0 Å². The summed E-state index contributed by atoms with van der Waals surface area (Å²) < 4.78 is 0.701. The van der Waals surface area contributed by atoms with Crippen LogP contribution >= 0.6 is 27.5 Å². The van der Waals surface area contributed by atoms with E-state index >= 15 is 0 Å². The Hall–Kier alpha value is -1.39. The molecule has 1 heterocycles. The number of benzene rings is 1. The molecule has 3 nitrogen and oxygen atoms in total. The molecule has 19 heavy (non-hydrogen) atoms. The number of hydrogen-bond acceptors (Lipinski definition) is 2. The Balaban J connectivity index is 2.11. The van der Waals surface area contributed by atoms with E-state index in [1.54, 1.807) is 24.4 Å². The molecule has 0 saturated carbocycles. The molecule has 0 spiro atoms. The second kappa shape index (κ2) is 6.17. The minimum atomic E-state index is -0.157. The standard InChI is InChI=1S/C14H12BrClN2O/c1-9(13-4-2-3-7-17-13)18-14(19)10-5-6-12(16)11(15)8-10/h2-9H,1H3,(H,18,19). The first-order chi connectivity index (χ1) is 9.08. The number of carbonyl (C=O) groups is 1. The molecule has 0 radical (unpaired) electrons. The van der Waals surface area contributed by atoms with Gasteiger partial charge in [0.25, 0.3) is 5.91 Å². The number of aromatic nitrogens is 1. The number of amides is 1. The van der Waals surface area contributed by atoms with E-state index in [2.05, 4.69) is 26.2 Å². The van der Waals surface area contributed by atoms with Crippen molar-refractivity contribution in [2.75, 3.05) is 0 Å². The molecule has 0 fully saturated rings. The highest BCUT2D eigenvalue weighted by Crippen LogP contribution is 2.23. The lowest BCUT2D eigenvalue weighted by molar-refractivity contribution is 0.0939. The molecule has 1 atom stereocenters. The number of pyridine rings is 1. The normalized spacial score (nSPS) is 11.9. The molecule has 1 aromatic carbocycles. The molecule has 1 N–H and O–H groups in total. The number of hydrogen-bond donors (Lipinski definition) is 1. The van der Waals surface area contributed by atoms with E-state index in [4.69, 9.17) is 11.6 Å². The van der Waals surface area contributed by atoms with Crippen molar-refractivity contribution >= 4 is 33.4 Å². The summed E-state index contributed by atoms with van der Waals surface area (Å²) in [7, 11) is 0. The van der Waals surface area contributed by atoms with E-state index < -0.39 is 0 Å². The third kappa shape index (κ3) is 3.55. The van der Waals surface area contributed by atoms with E-state index in [9.17, 15) is 4.79 Å². The van der Waals surface area contributed by atoms with Crippen LogP contribution in [-0.4, -0.2) is 10.9 Å². The van der Waals surface area contributed by atoms with Crippen LogP contribution < -0.4 is 5.32 Å². The Morgan fingerprint density at radius 2 is 2.16 bits per heavy atom. The molecule has 1 unspecified atom stereocenters. The molecule has 1 amide bonds. The van der Waals surface area contributed by atoms with Gasteiger partial charge in [-0.05, 0) is 53.2 Å². The molecular weight excluding hydrogens is 328 g/mol. The van der Waals surface area contributed by atoms with Gasteiger partial charge in [-0.3, -0.25) is 9.78 Å². The maximum Gasteiger partial charge on any atom is 0.251 e. The maximum absolute atomic E-state index is 12.1. The van der Waals surface area contributed by atoms with Crippen LogP contribution in [0.4, 0.5) is 0 Å². The van der Waals surface area contributed by atoms with Gasteiger partial charge in [0.05, 0.1) is 16.8 Å². The molecule has 0 aliphatic heterocycles. The van der Waals surface area contributed by atoms with Crippen molar-refractivity contribution in [2.45, 2.75) is 13.0 Å². The summed E-state index contributed by atoms with van der Waals surface area (Å²) in [5.41, 5.74) is 1.38. The smallest absolute Gasteiger partial charge is 0.251 e. The number of halogens is 2. The first-order valence-electron chi connectivity index (χ1n) is 5.75. The van der Waals surface area contributed by atoms with Crippen LogP contribution in [0.3, 0.4) is 0 Å². The van der Waals surface area contributed by atoms with Crippen LogP contribution in [0.2, 0.25) is 5.02 Å². The fourth-order valence-corrected chi connectivity index (χ4v) is 2.12. The molecule has 0 bridgehead atoms. The zero-order valence-electron chi connectivity index (χ0n) is 10.2. The third-order valence-electron chi connectivity index (χ3n) is 2.66. The minimum absolute atomic E-state index is 0.150. The van der Waals surface area contributed by atoms with Crippen molar-refractivity contribution in [1.29, 1.82) is 0 Å². The van der Waals surface area contributed by atoms with Crippen LogP contribution in [0.15, 0.2) is 47.1 Å². The SMILES string of the molecule is CC(NC(=O)c1ccc(Cl)c(Br)c1)c1ccccn1. The highest BCUT2D eigenvalue weighted by molar-refractivity contribution is 9.10. The molecular formula is C14H12BrClN2O. The van der Waals surface area contributed by atoms with Crippen LogP contribution in [0.5, 0.6) is 0 Å². The number of rotatable bonds is 3. The monoisotopic (exact) mass is 338 g/mol. The largest absolute Gasteiger partial charge is 0.344 e. The lowest BCUT2D eigenvalue weighted by Gasteiger charge is -2.13. The van der Waals surface area contributed by atoms with Crippen LogP contribution in [0.1, 0.15) is 29.0 Å². The fourth-order valence-electron chi connectivity index (χ4n) is 1.62. The highest BCUT2D eigenvalue weighted by Gasteiger charge is 2.12. The summed E-state index contributed by atoms with van der Waals surface area (Å²) in [6, 6.07) is 10.5. The summed E-state index contributed by atoms with van der Waals surface area (Å²) in [5, 5.41) is 3.47. The average Bonchev–Trinajstić information content (AvgIpc) is 2.42. The Bertz CT molecular complexity index is 589. The third-order valence-corrected chi connectivity index (χ3v) is 3.87. The molecule has 2 rings (SSSR count). The predicted octanol–water partition coefficient (Wildman–Crippen LogP) is 3.99. The van der Waals surface area contributed by atoms with Crippen molar-refractivity contribution in [3.63, 3.8) is 0 Å². The van der Waals surface area contributed by atoms with Gasteiger partial charge in [-0.1, -0.05) is 17.7 Å². The van der Waals surface area contributed by atoms with Crippen molar-refractivity contribution < 1.29 is 4.79 Å². The predicted molar refractivity (Wildman–Crippen MR) is 79.3 cm³/mol. The summed E-state index contributed by atoms with van der Waals surface area (Å²) >= 11 is 9.20. The van der Waals surface area contributed by atoms with E-state index in [0.717, 1.165) is 5.69 Å². The Kier molecular flexibility index (Phi) is 4.56. The maximum atomic E-state index is 12.1. The molecule has 0 aliphatic rings. The molecule has 1 aromatic heterocycles. The number of nitrogens with one attached hydrogen (secondary N) is 1. The van der Waals surface area contributed by atoms with Gasteiger partial charge in [-0.25, -0.2) is 0 Å². The Morgan fingerprint density at radius 1 is 1.37 bits per heavy atom. The van der Waals surface area contributed by atoms with Gasteiger partial charge in [0.15, 0.2) is 0 Å². The van der Waals surface area contributed by atoms with E-state index in [1.807, 2.05) is 25.1 Å². The zero-order chi connectivity index (χ0) is 13.8. The summed E-state index contributed by atoms with van der Waals surface area (Å²) in [6.45, 7) is 1.89. The van der Waals surface area contributed by atoms with Gasteiger partial charge in [0.2, 0.25) is 0 Å². The molecule has 98 valence electrons. The first kappa shape index (κ1) is 14.0. The zero-order valence-corrected chi connectivity index (χ0v) is 12.6. The molecule has 2 aromatic rings. The number of nitrogens with zero attached hydrogens (tertiary/aromatic N) is 1. The fraction of sp³-hybridized carbons (Fsp3) is 0.143. The quantitative estimate of drug-likeness (QED) is 0.918. The van der Waals surface area contributed by atoms with Gasteiger partial charge < -0.3 is 5.32 Å². The average molecular weight is 340 g/mol. The summed E-state index contributed by atoms with van der Waals surface area (Å²) in [5.74, 6) is -0.157. The van der Waals surface area contributed by atoms with E-state index in [-0.39, 0.29) is 11.9 Å². The molecule has 0 saturated heterocycles. The second-order valence-electron chi connectivity index (χ2n) is 4.08. The first-order valence-corrected chi connectivity index (χ1v) is 6.92. The van der Waals surface area contributed by atoms with Crippen LogP contribution in [0, 0.1) is 0 Å². The Labute approximate surface area is 125 Å². The van der Waals surface area contributed by atoms with Gasteiger partial charge in [-0.15, -0.1) is 0 Å². The van der Waals surface area contributed by atoms with Gasteiger partial charge in [0, 0.05) is 16.2 Å². The minimum Gasteiger partial charge on any atom is -0.344 e. The lowest BCUT2D eigenvalue weighted by Crippen LogP contribution is -2.27. The Morgan fingerprint density at radius 3 is 2.79 bits per heavy atom. The summed E-state index contributed by atoms with van der Waals surface area (Å²) in [6.07, 6.45) is 1.71. The van der Waals surface area contributed by atoms with E-state index in [0.29, 0.717) is 15.1 Å². The second-order valence-corrected chi connectivity index (χ2v) is 5.34. The van der Waals surface area contributed by atoms with Crippen LogP contribution in [-0.2, 0) is 0 Å². The van der Waals surface area contributed by atoms with Crippen LogP contribution in [0.25, 0.3) is 0 Å². The molecule has 5 heteroatoms. The van der Waals surface area contributed by atoms with Crippen molar-refractivity contribution in [3.05, 3.63) is 63.3 Å². The summed E-state index contributed by atoms with van der Waals surface area (Å²) in [4.78, 5) is 16.3. The van der Waals surface area contributed by atoms with E-state index in [1.165, 1.54) is 0 Å². The van der Waals surface area contributed by atoms with Crippen molar-refractivity contribution in [1.82, 2.24) is 10.3 Å².